The van der Waals surface area contributed by atoms with Crippen molar-refractivity contribution in [1.82, 2.24) is 0 Å². The number of hydrogen-bond donors (Lipinski definition) is 2. The molecule has 0 bridgehead atoms. The lowest BCUT2D eigenvalue weighted by Gasteiger charge is -2.16. The molecule has 3 atom stereocenters. The maximum Gasteiger partial charge on any atom is 0.150 e. The van der Waals surface area contributed by atoms with Gasteiger partial charge in [-0.1, -0.05) is 0 Å². The summed E-state index contributed by atoms with van der Waals surface area (Å²) in [7, 11) is 0. The van der Waals surface area contributed by atoms with Crippen LogP contribution < -0.4 is 4.74 Å². The molecule has 1 aliphatic rings. The highest BCUT2D eigenvalue weighted by molar-refractivity contribution is 5.30. The summed E-state index contributed by atoms with van der Waals surface area (Å²) in [5.41, 5.74) is 0.223. The summed E-state index contributed by atoms with van der Waals surface area (Å²) in [4.78, 5) is 0. The van der Waals surface area contributed by atoms with E-state index in [4.69, 9.17) is 9.47 Å². The van der Waals surface area contributed by atoms with Crippen LogP contribution in [0.4, 0.5) is 4.39 Å². The van der Waals surface area contributed by atoms with Gasteiger partial charge in [0.15, 0.2) is 0 Å². The van der Waals surface area contributed by atoms with Gasteiger partial charge in [0.05, 0.1) is 19.3 Å². The molecule has 17 heavy (non-hydrogen) atoms. The van der Waals surface area contributed by atoms with Gasteiger partial charge in [0.2, 0.25) is 0 Å². The van der Waals surface area contributed by atoms with Crippen molar-refractivity contribution < 1.29 is 24.1 Å². The van der Waals surface area contributed by atoms with Crippen molar-refractivity contribution in [2.24, 2.45) is 0 Å². The Hall–Kier alpha value is -1.17. The Bertz CT molecular complexity index is 394. The van der Waals surface area contributed by atoms with E-state index in [-0.39, 0.29) is 12.2 Å². The maximum absolute atomic E-state index is 13.5. The SMILES string of the molecule is C[C@H](O)c1ccc(OC2COCC2O)cc1F. The molecule has 1 aliphatic heterocycles. The summed E-state index contributed by atoms with van der Waals surface area (Å²) in [6.45, 7) is 2.02. The van der Waals surface area contributed by atoms with Gasteiger partial charge in [-0.05, 0) is 19.1 Å². The van der Waals surface area contributed by atoms with Crippen molar-refractivity contribution in [3.8, 4) is 5.75 Å². The number of hydrogen-bond acceptors (Lipinski definition) is 4. The average molecular weight is 242 g/mol. The Balaban J connectivity index is 2.09. The van der Waals surface area contributed by atoms with E-state index >= 15 is 0 Å². The maximum atomic E-state index is 13.5. The van der Waals surface area contributed by atoms with Crippen LogP contribution >= 0.6 is 0 Å². The third kappa shape index (κ3) is 2.74. The van der Waals surface area contributed by atoms with Crippen molar-refractivity contribution in [2.45, 2.75) is 25.2 Å². The summed E-state index contributed by atoms with van der Waals surface area (Å²) in [6.07, 6.45) is -2.01. The number of rotatable bonds is 3. The van der Waals surface area contributed by atoms with Crippen LogP contribution in [0.2, 0.25) is 0 Å². The van der Waals surface area contributed by atoms with E-state index in [1.807, 2.05) is 0 Å². The minimum Gasteiger partial charge on any atom is -0.485 e. The molecule has 2 N–H and O–H groups in total. The van der Waals surface area contributed by atoms with Crippen molar-refractivity contribution >= 4 is 0 Å². The minimum absolute atomic E-state index is 0.223. The third-order valence-electron chi connectivity index (χ3n) is 2.71. The predicted octanol–water partition coefficient (Wildman–Crippen LogP) is 1.02. The lowest BCUT2D eigenvalue weighted by Crippen LogP contribution is -2.29. The standard InChI is InChI=1S/C12H15FO4/c1-7(14)9-3-2-8(4-10(9)13)17-12-6-16-5-11(12)15/h2-4,7,11-12,14-15H,5-6H2,1H3/t7-,11?,12?/m0/s1. The van der Waals surface area contributed by atoms with Crippen LogP contribution in [0.3, 0.4) is 0 Å². The Morgan fingerprint density at radius 1 is 1.47 bits per heavy atom. The number of benzene rings is 1. The molecule has 0 amide bonds. The fraction of sp³-hybridized carbons (Fsp3) is 0.500. The highest BCUT2D eigenvalue weighted by atomic mass is 19.1. The predicted molar refractivity (Wildman–Crippen MR) is 58.3 cm³/mol. The fourth-order valence-corrected chi connectivity index (χ4v) is 1.73. The smallest absolute Gasteiger partial charge is 0.150 e. The van der Waals surface area contributed by atoms with E-state index in [0.717, 1.165) is 0 Å². The second-order valence-electron chi connectivity index (χ2n) is 4.12. The van der Waals surface area contributed by atoms with Crippen LogP contribution in [-0.4, -0.2) is 35.6 Å². The van der Waals surface area contributed by atoms with Gasteiger partial charge in [0, 0.05) is 11.6 Å². The van der Waals surface area contributed by atoms with Gasteiger partial charge < -0.3 is 19.7 Å². The van der Waals surface area contributed by atoms with Crippen LogP contribution in [0.15, 0.2) is 18.2 Å². The molecule has 2 unspecified atom stereocenters. The average Bonchev–Trinajstić information content (AvgIpc) is 2.64. The van der Waals surface area contributed by atoms with Crippen LogP contribution in [0.5, 0.6) is 5.75 Å². The first kappa shape index (κ1) is 12.3. The van der Waals surface area contributed by atoms with Crippen LogP contribution in [0.25, 0.3) is 0 Å². The molecule has 2 rings (SSSR count). The summed E-state index contributed by atoms with van der Waals surface area (Å²) < 4.78 is 24.0. The minimum atomic E-state index is -0.857. The zero-order valence-corrected chi connectivity index (χ0v) is 9.47. The topological polar surface area (TPSA) is 58.9 Å². The molecular formula is C12H15FO4. The zero-order chi connectivity index (χ0) is 12.4. The van der Waals surface area contributed by atoms with Gasteiger partial charge in [-0.25, -0.2) is 4.39 Å². The molecule has 0 saturated carbocycles. The van der Waals surface area contributed by atoms with E-state index in [1.165, 1.54) is 19.1 Å². The van der Waals surface area contributed by atoms with Crippen LogP contribution in [-0.2, 0) is 4.74 Å². The van der Waals surface area contributed by atoms with Gasteiger partial charge in [0.1, 0.15) is 23.8 Å². The second-order valence-corrected chi connectivity index (χ2v) is 4.12. The van der Waals surface area contributed by atoms with Gasteiger partial charge >= 0.3 is 0 Å². The lowest BCUT2D eigenvalue weighted by atomic mass is 10.1. The molecule has 0 radical (unpaired) electrons. The third-order valence-corrected chi connectivity index (χ3v) is 2.71. The molecule has 1 heterocycles. The highest BCUT2D eigenvalue weighted by Gasteiger charge is 2.28. The molecule has 0 aliphatic carbocycles. The Labute approximate surface area is 98.6 Å². The van der Waals surface area contributed by atoms with E-state index in [0.29, 0.717) is 12.4 Å². The first-order chi connectivity index (χ1) is 8.08. The van der Waals surface area contributed by atoms with E-state index < -0.39 is 24.1 Å². The van der Waals surface area contributed by atoms with Crippen molar-refractivity contribution in [2.75, 3.05) is 13.2 Å². The molecule has 1 aromatic carbocycles. The van der Waals surface area contributed by atoms with Gasteiger partial charge in [0.25, 0.3) is 0 Å². The molecule has 0 spiro atoms. The first-order valence-corrected chi connectivity index (χ1v) is 5.48. The molecular weight excluding hydrogens is 227 g/mol. The van der Waals surface area contributed by atoms with Crippen molar-refractivity contribution in [1.29, 1.82) is 0 Å². The number of aliphatic hydroxyl groups is 2. The molecule has 1 fully saturated rings. The van der Waals surface area contributed by atoms with Gasteiger partial charge in [-0.3, -0.25) is 0 Å². The number of halogens is 1. The van der Waals surface area contributed by atoms with Crippen molar-refractivity contribution in [3.05, 3.63) is 29.6 Å². The lowest BCUT2D eigenvalue weighted by molar-refractivity contribution is 0.0730. The van der Waals surface area contributed by atoms with E-state index in [1.54, 1.807) is 6.07 Å². The monoisotopic (exact) mass is 242 g/mol. The molecule has 94 valence electrons. The first-order valence-electron chi connectivity index (χ1n) is 5.48. The molecule has 1 saturated heterocycles. The number of ether oxygens (including phenoxy) is 2. The largest absolute Gasteiger partial charge is 0.485 e. The summed E-state index contributed by atoms with van der Waals surface area (Å²) in [5.74, 6) is -0.202. The zero-order valence-electron chi connectivity index (χ0n) is 9.47. The summed E-state index contributed by atoms with van der Waals surface area (Å²) >= 11 is 0. The fourth-order valence-electron chi connectivity index (χ4n) is 1.73. The quantitative estimate of drug-likeness (QED) is 0.830. The van der Waals surface area contributed by atoms with Gasteiger partial charge in [-0.2, -0.15) is 0 Å². The normalized spacial score (nSPS) is 25.9. The van der Waals surface area contributed by atoms with Crippen LogP contribution in [0.1, 0.15) is 18.6 Å². The summed E-state index contributed by atoms with van der Waals surface area (Å²) in [5, 5.41) is 18.8. The Morgan fingerprint density at radius 2 is 2.24 bits per heavy atom. The van der Waals surface area contributed by atoms with Crippen molar-refractivity contribution in [3.63, 3.8) is 0 Å². The number of aliphatic hydroxyl groups excluding tert-OH is 2. The van der Waals surface area contributed by atoms with Gasteiger partial charge in [-0.15, -0.1) is 0 Å². The highest BCUT2D eigenvalue weighted by Crippen LogP contribution is 2.23. The molecule has 4 nitrogen and oxygen atoms in total. The van der Waals surface area contributed by atoms with Crippen LogP contribution in [0, 0.1) is 5.82 Å². The molecule has 1 aromatic rings. The Kier molecular flexibility index (Phi) is 3.61. The second kappa shape index (κ2) is 5.00. The molecule has 5 heteroatoms. The van der Waals surface area contributed by atoms with E-state index in [9.17, 15) is 14.6 Å². The van der Waals surface area contributed by atoms with E-state index in [2.05, 4.69) is 0 Å². The summed E-state index contributed by atoms with van der Waals surface area (Å²) in [6, 6.07) is 4.24. The molecule has 0 aromatic heterocycles. The Morgan fingerprint density at radius 3 is 2.76 bits per heavy atom.